The molecule has 0 amide bonds. The van der Waals surface area contributed by atoms with E-state index >= 15 is 0 Å². The van der Waals surface area contributed by atoms with Crippen molar-refractivity contribution in [2.24, 2.45) is 5.73 Å². The zero-order chi connectivity index (χ0) is 10.6. The third-order valence-electron chi connectivity index (χ3n) is 3.16. The molecule has 0 aromatic heterocycles. The maximum atomic E-state index is 5.98. The first-order valence-electron chi connectivity index (χ1n) is 5.56. The number of ether oxygens (including phenoxy) is 1. The number of rotatable bonds is 4. The molecule has 1 aliphatic heterocycles. The van der Waals surface area contributed by atoms with Gasteiger partial charge in [0.15, 0.2) is 0 Å². The Balaban J connectivity index is 2.36. The topological polar surface area (TPSA) is 38.5 Å². The molecule has 0 aliphatic carbocycles. The lowest BCUT2D eigenvalue weighted by atomic mass is 9.87. The number of methoxy groups -OCH3 is 1. The Bertz CT molecular complexity index is 171. The fourth-order valence-corrected chi connectivity index (χ4v) is 2.31. The molecular weight excluding hydrogens is 176 g/mol. The lowest BCUT2D eigenvalue weighted by molar-refractivity contribution is 0.0570. The van der Waals surface area contributed by atoms with E-state index in [0.717, 1.165) is 39.0 Å². The smallest absolute Gasteiger partial charge is 0.0474 e. The highest BCUT2D eigenvalue weighted by molar-refractivity contribution is 4.90. The number of likely N-dealkylation sites (tertiary alicyclic amines) is 1. The summed E-state index contributed by atoms with van der Waals surface area (Å²) in [5, 5.41) is 0. The van der Waals surface area contributed by atoms with Crippen LogP contribution >= 0.6 is 0 Å². The lowest BCUT2D eigenvalue weighted by Gasteiger charge is -2.44. The molecule has 1 aliphatic rings. The van der Waals surface area contributed by atoms with Crippen LogP contribution in [0, 0.1) is 0 Å². The molecule has 1 rings (SSSR count). The molecule has 2 N–H and O–H groups in total. The largest absolute Gasteiger partial charge is 0.385 e. The van der Waals surface area contributed by atoms with Gasteiger partial charge in [0.25, 0.3) is 0 Å². The maximum Gasteiger partial charge on any atom is 0.0474 e. The highest BCUT2D eigenvalue weighted by Crippen LogP contribution is 2.26. The zero-order valence-corrected chi connectivity index (χ0v) is 9.75. The Kier molecular flexibility index (Phi) is 4.35. The second-order valence-corrected chi connectivity index (χ2v) is 4.90. The standard InChI is InChI=1S/C11H24N2O/c1-11(2)9-10(12)5-7-13(11)6-4-8-14-3/h10H,4-9,12H2,1-3H3. The number of nitrogens with zero attached hydrogens (tertiary/aromatic N) is 1. The van der Waals surface area contributed by atoms with E-state index in [0.29, 0.717) is 6.04 Å². The number of hydrogen-bond donors (Lipinski definition) is 1. The molecule has 1 fully saturated rings. The predicted octanol–water partition coefficient (Wildman–Crippen LogP) is 1.22. The average Bonchev–Trinajstić information content (AvgIpc) is 2.08. The van der Waals surface area contributed by atoms with E-state index in [2.05, 4.69) is 18.7 Å². The minimum atomic E-state index is 0.269. The molecule has 0 bridgehead atoms. The van der Waals surface area contributed by atoms with Gasteiger partial charge in [0.1, 0.15) is 0 Å². The molecule has 14 heavy (non-hydrogen) atoms. The van der Waals surface area contributed by atoms with Gasteiger partial charge < -0.3 is 10.5 Å². The van der Waals surface area contributed by atoms with E-state index in [-0.39, 0.29) is 5.54 Å². The van der Waals surface area contributed by atoms with Gasteiger partial charge in [0.2, 0.25) is 0 Å². The van der Waals surface area contributed by atoms with Crippen LogP contribution in [0.1, 0.15) is 33.1 Å². The van der Waals surface area contributed by atoms with Crippen LogP contribution in [0.3, 0.4) is 0 Å². The van der Waals surface area contributed by atoms with E-state index in [9.17, 15) is 0 Å². The SMILES string of the molecule is COCCCN1CCC(N)CC1(C)C. The van der Waals surface area contributed by atoms with Crippen LogP contribution in [0.4, 0.5) is 0 Å². The van der Waals surface area contributed by atoms with Crippen molar-refractivity contribution in [2.45, 2.75) is 44.7 Å². The van der Waals surface area contributed by atoms with Crippen molar-refractivity contribution in [1.29, 1.82) is 0 Å². The third-order valence-corrected chi connectivity index (χ3v) is 3.16. The van der Waals surface area contributed by atoms with Gasteiger partial charge in [0, 0.05) is 38.4 Å². The molecular formula is C11H24N2O. The Labute approximate surface area is 87.6 Å². The van der Waals surface area contributed by atoms with Gasteiger partial charge in [-0.2, -0.15) is 0 Å². The normalized spacial score (nSPS) is 27.9. The van der Waals surface area contributed by atoms with Crippen LogP contribution in [-0.2, 0) is 4.74 Å². The molecule has 0 aromatic rings. The zero-order valence-electron chi connectivity index (χ0n) is 9.75. The summed E-state index contributed by atoms with van der Waals surface area (Å²) in [6.07, 6.45) is 3.37. The molecule has 84 valence electrons. The molecule has 0 saturated carbocycles. The average molecular weight is 200 g/mol. The van der Waals surface area contributed by atoms with Crippen LogP contribution in [0.2, 0.25) is 0 Å². The van der Waals surface area contributed by atoms with Gasteiger partial charge in [-0.15, -0.1) is 0 Å². The van der Waals surface area contributed by atoms with Crippen LogP contribution in [-0.4, -0.2) is 43.3 Å². The van der Waals surface area contributed by atoms with Crippen molar-refractivity contribution in [3.05, 3.63) is 0 Å². The van der Waals surface area contributed by atoms with Crippen LogP contribution in [0.15, 0.2) is 0 Å². The molecule has 0 radical (unpaired) electrons. The second kappa shape index (κ2) is 5.10. The first-order valence-corrected chi connectivity index (χ1v) is 5.56. The molecule has 1 heterocycles. The highest BCUT2D eigenvalue weighted by atomic mass is 16.5. The molecule has 3 nitrogen and oxygen atoms in total. The minimum Gasteiger partial charge on any atom is -0.385 e. The lowest BCUT2D eigenvalue weighted by Crippen LogP contribution is -2.53. The maximum absolute atomic E-state index is 5.98. The quantitative estimate of drug-likeness (QED) is 0.694. The van der Waals surface area contributed by atoms with Crippen molar-refractivity contribution in [3.63, 3.8) is 0 Å². The Hall–Kier alpha value is -0.120. The summed E-state index contributed by atoms with van der Waals surface area (Å²) in [5.41, 5.74) is 6.25. The van der Waals surface area contributed by atoms with Gasteiger partial charge in [0.05, 0.1) is 0 Å². The molecule has 0 aromatic carbocycles. The summed E-state index contributed by atoms with van der Waals surface area (Å²) in [6.45, 7) is 7.71. The van der Waals surface area contributed by atoms with Gasteiger partial charge in [-0.25, -0.2) is 0 Å². The van der Waals surface area contributed by atoms with Crippen molar-refractivity contribution < 1.29 is 4.74 Å². The molecule has 1 atom stereocenters. The monoisotopic (exact) mass is 200 g/mol. The van der Waals surface area contributed by atoms with Crippen molar-refractivity contribution >= 4 is 0 Å². The van der Waals surface area contributed by atoms with E-state index in [1.165, 1.54) is 0 Å². The minimum absolute atomic E-state index is 0.269. The Morgan fingerprint density at radius 2 is 2.21 bits per heavy atom. The number of nitrogens with two attached hydrogens (primary N) is 1. The molecule has 3 heteroatoms. The summed E-state index contributed by atoms with van der Waals surface area (Å²) < 4.78 is 5.07. The molecule has 1 saturated heterocycles. The Morgan fingerprint density at radius 1 is 1.50 bits per heavy atom. The van der Waals surface area contributed by atoms with Crippen LogP contribution in [0.5, 0.6) is 0 Å². The van der Waals surface area contributed by atoms with E-state index < -0.39 is 0 Å². The fraction of sp³-hybridized carbons (Fsp3) is 1.00. The number of hydrogen-bond acceptors (Lipinski definition) is 3. The summed E-state index contributed by atoms with van der Waals surface area (Å²) in [4.78, 5) is 2.54. The van der Waals surface area contributed by atoms with Crippen molar-refractivity contribution in [1.82, 2.24) is 4.90 Å². The van der Waals surface area contributed by atoms with Crippen molar-refractivity contribution in [3.8, 4) is 0 Å². The fourth-order valence-electron chi connectivity index (χ4n) is 2.31. The van der Waals surface area contributed by atoms with Crippen molar-refractivity contribution in [2.75, 3.05) is 26.8 Å². The second-order valence-electron chi connectivity index (χ2n) is 4.90. The van der Waals surface area contributed by atoms with Crippen LogP contribution < -0.4 is 5.73 Å². The van der Waals surface area contributed by atoms with Gasteiger partial charge in [-0.05, 0) is 33.1 Å². The molecule has 0 spiro atoms. The Morgan fingerprint density at radius 3 is 2.79 bits per heavy atom. The summed E-state index contributed by atoms with van der Waals surface area (Å²) in [5.74, 6) is 0. The third kappa shape index (κ3) is 3.23. The summed E-state index contributed by atoms with van der Waals surface area (Å²) in [6, 6.07) is 0.392. The van der Waals surface area contributed by atoms with E-state index in [1.807, 2.05) is 0 Å². The van der Waals surface area contributed by atoms with E-state index in [4.69, 9.17) is 10.5 Å². The van der Waals surface area contributed by atoms with Gasteiger partial charge >= 0.3 is 0 Å². The van der Waals surface area contributed by atoms with Gasteiger partial charge in [-0.1, -0.05) is 0 Å². The highest BCUT2D eigenvalue weighted by Gasteiger charge is 2.32. The summed E-state index contributed by atoms with van der Waals surface area (Å²) in [7, 11) is 1.76. The van der Waals surface area contributed by atoms with Crippen LogP contribution in [0.25, 0.3) is 0 Å². The molecule has 1 unspecified atom stereocenters. The number of piperidine rings is 1. The summed E-state index contributed by atoms with van der Waals surface area (Å²) >= 11 is 0. The first kappa shape index (κ1) is 12.0. The van der Waals surface area contributed by atoms with E-state index in [1.54, 1.807) is 7.11 Å². The van der Waals surface area contributed by atoms with Gasteiger partial charge in [-0.3, -0.25) is 4.90 Å². The predicted molar refractivity (Wildman–Crippen MR) is 59.4 cm³/mol. The first-order chi connectivity index (χ1) is 6.56.